The lowest BCUT2D eigenvalue weighted by Gasteiger charge is -2.14. The number of carbonyl (C=O) groups is 1. The summed E-state index contributed by atoms with van der Waals surface area (Å²) in [6, 6.07) is 10.5. The van der Waals surface area contributed by atoms with Crippen LogP contribution in [0.4, 0.5) is 4.39 Å². The maximum absolute atomic E-state index is 12.9. The lowest BCUT2D eigenvalue weighted by atomic mass is 10.2. The van der Waals surface area contributed by atoms with Crippen LogP contribution in [0.3, 0.4) is 0 Å². The number of halogens is 2. The molecule has 0 aromatic heterocycles. The Balaban J connectivity index is 2.05. The summed E-state index contributed by atoms with van der Waals surface area (Å²) >= 11 is 5.99. The van der Waals surface area contributed by atoms with E-state index in [4.69, 9.17) is 21.4 Å². The lowest BCUT2D eigenvalue weighted by Crippen LogP contribution is -2.33. The Labute approximate surface area is 138 Å². The molecule has 4 nitrogen and oxygen atoms in total. The highest BCUT2D eigenvalue weighted by Crippen LogP contribution is 2.24. The second-order valence-electron chi connectivity index (χ2n) is 5.11. The van der Waals surface area contributed by atoms with Crippen molar-refractivity contribution in [3.63, 3.8) is 0 Å². The van der Waals surface area contributed by atoms with Crippen molar-refractivity contribution in [2.45, 2.75) is 26.1 Å². The Bertz CT molecular complexity index is 676. The van der Waals surface area contributed by atoms with Gasteiger partial charge in [-0.1, -0.05) is 23.7 Å². The molecule has 2 aromatic rings. The molecule has 2 aromatic carbocycles. The fourth-order valence-electron chi connectivity index (χ4n) is 1.92. The van der Waals surface area contributed by atoms with Crippen LogP contribution in [0.15, 0.2) is 42.5 Å². The van der Waals surface area contributed by atoms with E-state index >= 15 is 0 Å². The third-order valence-corrected chi connectivity index (χ3v) is 3.53. The summed E-state index contributed by atoms with van der Waals surface area (Å²) in [6.45, 7) is 2.15. The molecule has 0 heterocycles. The molecule has 0 aliphatic heterocycles. The summed E-state index contributed by atoms with van der Waals surface area (Å²) in [5.41, 5.74) is 1.59. The number of aliphatic carboxylic acids is 1. The normalized spacial score (nSPS) is 12.0. The zero-order valence-corrected chi connectivity index (χ0v) is 13.3. The van der Waals surface area contributed by atoms with Gasteiger partial charge in [0.15, 0.2) is 0 Å². The number of carboxylic acid groups (broad SMARTS) is 1. The van der Waals surface area contributed by atoms with E-state index in [1.807, 2.05) is 0 Å². The van der Waals surface area contributed by atoms with Crippen molar-refractivity contribution in [1.29, 1.82) is 0 Å². The van der Waals surface area contributed by atoms with E-state index in [2.05, 4.69) is 5.32 Å². The van der Waals surface area contributed by atoms with Crippen LogP contribution >= 0.6 is 11.6 Å². The van der Waals surface area contributed by atoms with Crippen molar-refractivity contribution in [2.24, 2.45) is 0 Å². The lowest BCUT2D eigenvalue weighted by molar-refractivity contribution is -0.139. The Kier molecular flexibility index (Phi) is 5.96. The second kappa shape index (κ2) is 7.94. The first-order chi connectivity index (χ1) is 11.0. The summed E-state index contributed by atoms with van der Waals surface area (Å²) in [4.78, 5) is 10.9. The first-order valence-electron chi connectivity index (χ1n) is 7.07. The average molecular weight is 338 g/mol. The van der Waals surface area contributed by atoms with Crippen molar-refractivity contribution >= 4 is 17.6 Å². The minimum atomic E-state index is -0.930. The van der Waals surface area contributed by atoms with Crippen molar-refractivity contribution < 1.29 is 19.0 Å². The van der Waals surface area contributed by atoms with Crippen LogP contribution < -0.4 is 10.1 Å². The molecule has 0 aliphatic carbocycles. The van der Waals surface area contributed by atoms with Crippen molar-refractivity contribution in [3.8, 4) is 5.75 Å². The van der Waals surface area contributed by atoms with Gasteiger partial charge < -0.3 is 15.2 Å². The quantitative estimate of drug-likeness (QED) is 0.810. The van der Waals surface area contributed by atoms with E-state index in [1.165, 1.54) is 12.1 Å². The molecule has 23 heavy (non-hydrogen) atoms. The van der Waals surface area contributed by atoms with Crippen LogP contribution in [0.5, 0.6) is 5.75 Å². The van der Waals surface area contributed by atoms with Gasteiger partial charge in [0.1, 0.15) is 24.2 Å². The maximum atomic E-state index is 12.9. The number of ether oxygens (including phenoxy) is 1. The van der Waals surface area contributed by atoms with Gasteiger partial charge >= 0.3 is 5.97 Å². The standard InChI is InChI=1S/C17H17ClFNO3/c1-11(17(21)22)20-9-13-8-14(18)4-7-16(13)23-10-12-2-5-15(19)6-3-12/h2-8,11,20H,9-10H2,1H3,(H,21,22). The van der Waals surface area contributed by atoms with E-state index in [0.717, 1.165) is 11.1 Å². The monoisotopic (exact) mass is 337 g/mol. The van der Waals surface area contributed by atoms with Gasteiger partial charge in [0.25, 0.3) is 0 Å². The zero-order valence-electron chi connectivity index (χ0n) is 12.6. The molecule has 6 heteroatoms. The smallest absolute Gasteiger partial charge is 0.320 e. The fourth-order valence-corrected chi connectivity index (χ4v) is 2.11. The number of hydrogen-bond acceptors (Lipinski definition) is 3. The molecule has 2 N–H and O–H groups in total. The maximum Gasteiger partial charge on any atom is 0.320 e. The first kappa shape index (κ1) is 17.2. The molecule has 0 radical (unpaired) electrons. The average Bonchev–Trinajstić information content (AvgIpc) is 2.53. The molecule has 0 aliphatic rings. The predicted molar refractivity (Wildman–Crippen MR) is 86.1 cm³/mol. The number of nitrogens with one attached hydrogen (secondary N) is 1. The van der Waals surface area contributed by atoms with Gasteiger partial charge in [0, 0.05) is 17.1 Å². The summed E-state index contributed by atoms with van der Waals surface area (Å²) in [5, 5.41) is 12.3. The molecule has 1 atom stereocenters. The molecule has 0 amide bonds. The van der Waals surface area contributed by atoms with E-state index in [1.54, 1.807) is 37.3 Å². The SMILES string of the molecule is CC(NCc1cc(Cl)ccc1OCc1ccc(F)cc1)C(=O)O. The second-order valence-corrected chi connectivity index (χ2v) is 5.54. The van der Waals surface area contributed by atoms with Crippen LogP contribution in [0, 0.1) is 5.82 Å². The Hall–Kier alpha value is -2.11. The number of benzene rings is 2. The van der Waals surface area contributed by atoms with Gasteiger partial charge in [-0.05, 0) is 42.8 Å². The fraction of sp³-hybridized carbons (Fsp3) is 0.235. The molecular formula is C17H17ClFNO3. The van der Waals surface area contributed by atoms with Gasteiger partial charge in [0.05, 0.1) is 0 Å². The molecule has 1 unspecified atom stereocenters. The highest BCUT2D eigenvalue weighted by Gasteiger charge is 2.12. The Morgan fingerprint density at radius 1 is 1.30 bits per heavy atom. The van der Waals surface area contributed by atoms with E-state index in [0.29, 0.717) is 17.3 Å². The van der Waals surface area contributed by atoms with Crippen LogP contribution in [0.25, 0.3) is 0 Å². The molecular weight excluding hydrogens is 321 g/mol. The molecule has 0 fully saturated rings. The van der Waals surface area contributed by atoms with Crippen molar-refractivity contribution in [2.75, 3.05) is 0 Å². The third-order valence-electron chi connectivity index (χ3n) is 3.30. The molecule has 0 spiro atoms. The number of hydrogen-bond donors (Lipinski definition) is 2. The van der Waals surface area contributed by atoms with Crippen molar-refractivity contribution in [1.82, 2.24) is 5.32 Å². The first-order valence-corrected chi connectivity index (χ1v) is 7.45. The Morgan fingerprint density at radius 2 is 2.00 bits per heavy atom. The zero-order chi connectivity index (χ0) is 16.8. The highest BCUT2D eigenvalue weighted by molar-refractivity contribution is 6.30. The van der Waals surface area contributed by atoms with Crippen LogP contribution in [-0.4, -0.2) is 17.1 Å². The van der Waals surface area contributed by atoms with Crippen LogP contribution in [0.1, 0.15) is 18.1 Å². The summed E-state index contributed by atoms with van der Waals surface area (Å²) in [5.74, 6) is -0.627. The summed E-state index contributed by atoms with van der Waals surface area (Å²) < 4.78 is 18.6. The van der Waals surface area contributed by atoms with E-state index in [-0.39, 0.29) is 12.4 Å². The van der Waals surface area contributed by atoms with Gasteiger partial charge in [-0.2, -0.15) is 0 Å². The number of carboxylic acids is 1. The summed E-state index contributed by atoms with van der Waals surface area (Å²) in [6.07, 6.45) is 0. The van der Waals surface area contributed by atoms with Gasteiger partial charge in [0.2, 0.25) is 0 Å². The van der Waals surface area contributed by atoms with Gasteiger partial charge in [-0.3, -0.25) is 4.79 Å². The van der Waals surface area contributed by atoms with E-state index in [9.17, 15) is 9.18 Å². The molecule has 122 valence electrons. The third kappa shape index (κ3) is 5.23. The molecule has 0 bridgehead atoms. The van der Waals surface area contributed by atoms with Crippen molar-refractivity contribution in [3.05, 3.63) is 64.4 Å². The summed E-state index contributed by atoms with van der Waals surface area (Å²) in [7, 11) is 0. The number of rotatable bonds is 7. The van der Waals surface area contributed by atoms with E-state index < -0.39 is 12.0 Å². The minimum absolute atomic E-state index is 0.281. The Morgan fingerprint density at radius 3 is 2.65 bits per heavy atom. The van der Waals surface area contributed by atoms with Gasteiger partial charge in [-0.25, -0.2) is 4.39 Å². The van der Waals surface area contributed by atoms with Gasteiger partial charge in [-0.15, -0.1) is 0 Å². The predicted octanol–water partition coefficient (Wildman–Crippen LogP) is 3.62. The molecule has 2 rings (SSSR count). The van der Waals surface area contributed by atoms with Crippen LogP contribution in [-0.2, 0) is 17.9 Å². The minimum Gasteiger partial charge on any atom is -0.489 e. The molecule has 0 saturated heterocycles. The largest absolute Gasteiger partial charge is 0.489 e. The highest BCUT2D eigenvalue weighted by atomic mass is 35.5. The topological polar surface area (TPSA) is 58.6 Å². The van der Waals surface area contributed by atoms with Crippen LogP contribution in [0.2, 0.25) is 5.02 Å². The molecule has 0 saturated carbocycles.